The van der Waals surface area contributed by atoms with Crippen molar-refractivity contribution in [3.8, 4) is 0 Å². The Balaban J connectivity index is 2.15. The Hall–Kier alpha value is -2.09. The van der Waals surface area contributed by atoms with Gasteiger partial charge in [0.25, 0.3) is 5.69 Å². The van der Waals surface area contributed by atoms with Gasteiger partial charge in [-0.15, -0.1) is 0 Å². The van der Waals surface area contributed by atoms with Gasteiger partial charge in [0.05, 0.1) is 4.92 Å². The van der Waals surface area contributed by atoms with Gasteiger partial charge in [-0.05, 0) is 11.6 Å². The molecular weight excluding hydrogens is 353 g/mol. The van der Waals surface area contributed by atoms with Crippen LogP contribution in [0.2, 0.25) is 0 Å². The van der Waals surface area contributed by atoms with Crippen LogP contribution in [0.1, 0.15) is 5.56 Å². The van der Waals surface area contributed by atoms with Gasteiger partial charge in [-0.3, -0.25) is 10.1 Å². The minimum atomic E-state index is -1.53. The molecule has 0 bridgehead atoms. The van der Waals surface area contributed by atoms with E-state index in [0.717, 1.165) is 12.1 Å². The number of nitrogens with one attached hydrogen (secondary N) is 1. The fourth-order valence-electron chi connectivity index (χ4n) is 1.65. The molecule has 0 aliphatic carbocycles. The predicted molar refractivity (Wildman–Crippen MR) is 74.4 cm³/mol. The average molecular weight is 361 g/mol. The van der Waals surface area contributed by atoms with Crippen LogP contribution in [-0.4, -0.2) is 4.92 Å². The van der Waals surface area contributed by atoms with Crippen molar-refractivity contribution in [3.63, 3.8) is 0 Å². The van der Waals surface area contributed by atoms with E-state index in [1.807, 2.05) is 0 Å². The summed E-state index contributed by atoms with van der Waals surface area (Å²) in [6, 6.07) is 5.80. The summed E-state index contributed by atoms with van der Waals surface area (Å²) >= 11 is 3.18. The monoisotopic (exact) mass is 360 g/mol. The van der Waals surface area contributed by atoms with Crippen molar-refractivity contribution in [3.05, 3.63) is 67.9 Å². The molecule has 110 valence electrons. The summed E-state index contributed by atoms with van der Waals surface area (Å²) in [5.74, 6) is -4.11. The lowest BCUT2D eigenvalue weighted by molar-refractivity contribution is -0.384. The van der Waals surface area contributed by atoms with Gasteiger partial charge in [0.1, 0.15) is 0 Å². The number of anilines is 1. The van der Waals surface area contributed by atoms with Crippen molar-refractivity contribution < 1.29 is 18.1 Å². The lowest BCUT2D eigenvalue weighted by Gasteiger charge is -2.09. The molecule has 0 amide bonds. The highest BCUT2D eigenvalue weighted by atomic mass is 79.9. The van der Waals surface area contributed by atoms with E-state index in [9.17, 15) is 23.3 Å². The summed E-state index contributed by atoms with van der Waals surface area (Å²) in [5.41, 5.74) is 0.631. The van der Waals surface area contributed by atoms with Crippen LogP contribution >= 0.6 is 15.9 Å². The second kappa shape index (κ2) is 6.13. The molecule has 0 aliphatic heterocycles. The summed E-state index contributed by atoms with van der Waals surface area (Å²) in [7, 11) is 0. The highest BCUT2D eigenvalue weighted by Crippen LogP contribution is 2.24. The SMILES string of the molecule is O=[N+]([O-])c1ccc(CNc2cc(F)c(F)c(F)c2)c(Br)c1. The van der Waals surface area contributed by atoms with Crippen molar-refractivity contribution in [1.82, 2.24) is 0 Å². The van der Waals surface area contributed by atoms with Gasteiger partial charge in [0, 0.05) is 41.0 Å². The van der Waals surface area contributed by atoms with Crippen LogP contribution in [0.3, 0.4) is 0 Å². The zero-order chi connectivity index (χ0) is 15.6. The van der Waals surface area contributed by atoms with Gasteiger partial charge < -0.3 is 5.32 Å². The first-order chi connectivity index (χ1) is 9.88. The van der Waals surface area contributed by atoms with Gasteiger partial charge >= 0.3 is 0 Å². The average Bonchev–Trinajstić information content (AvgIpc) is 2.43. The number of nitrogens with zero attached hydrogens (tertiary/aromatic N) is 1. The predicted octanol–water partition coefficient (Wildman–Crippen LogP) is 4.39. The van der Waals surface area contributed by atoms with E-state index >= 15 is 0 Å². The number of benzene rings is 2. The Labute approximate surface area is 125 Å². The third-order valence-corrected chi connectivity index (χ3v) is 3.45. The maximum absolute atomic E-state index is 13.0. The molecule has 0 aliphatic rings. The highest BCUT2D eigenvalue weighted by Gasteiger charge is 2.12. The fourth-order valence-corrected chi connectivity index (χ4v) is 2.15. The normalized spacial score (nSPS) is 10.5. The van der Waals surface area contributed by atoms with Crippen molar-refractivity contribution in [2.24, 2.45) is 0 Å². The Morgan fingerprint density at radius 1 is 1.14 bits per heavy atom. The van der Waals surface area contributed by atoms with Crippen LogP contribution in [-0.2, 0) is 6.54 Å². The van der Waals surface area contributed by atoms with Crippen LogP contribution in [0.5, 0.6) is 0 Å². The van der Waals surface area contributed by atoms with E-state index in [1.54, 1.807) is 0 Å². The van der Waals surface area contributed by atoms with E-state index < -0.39 is 22.4 Å². The Bertz CT molecular complexity index is 687. The largest absolute Gasteiger partial charge is 0.381 e. The Kier molecular flexibility index (Phi) is 4.46. The van der Waals surface area contributed by atoms with E-state index in [0.29, 0.717) is 10.0 Å². The zero-order valence-corrected chi connectivity index (χ0v) is 12.0. The first kappa shape index (κ1) is 15.3. The molecule has 4 nitrogen and oxygen atoms in total. The Morgan fingerprint density at radius 3 is 2.29 bits per heavy atom. The molecule has 0 spiro atoms. The molecule has 0 radical (unpaired) electrons. The maximum Gasteiger partial charge on any atom is 0.270 e. The number of nitro groups is 1. The molecule has 0 saturated carbocycles. The quantitative estimate of drug-likeness (QED) is 0.499. The molecule has 0 atom stereocenters. The van der Waals surface area contributed by atoms with Crippen molar-refractivity contribution >= 4 is 27.3 Å². The van der Waals surface area contributed by atoms with Crippen molar-refractivity contribution in [1.29, 1.82) is 0 Å². The Morgan fingerprint density at radius 2 is 1.76 bits per heavy atom. The number of non-ortho nitro benzene ring substituents is 1. The summed E-state index contributed by atoms with van der Waals surface area (Å²) < 4.78 is 39.4. The summed E-state index contributed by atoms with van der Waals surface area (Å²) in [6.07, 6.45) is 0. The third-order valence-electron chi connectivity index (χ3n) is 2.71. The number of hydrogen-bond donors (Lipinski definition) is 1. The summed E-state index contributed by atoms with van der Waals surface area (Å²) in [5, 5.41) is 13.3. The molecule has 2 aromatic rings. The second-order valence-corrected chi connectivity index (χ2v) is 4.99. The molecule has 0 fully saturated rings. The molecule has 0 aromatic heterocycles. The molecule has 0 heterocycles. The summed E-state index contributed by atoms with van der Waals surface area (Å²) in [6.45, 7) is 0.156. The van der Waals surface area contributed by atoms with E-state index in [-0.39, 0.29) is 17.9 Å². The van der Waals surface area contributed by atoms with Crippen LogP contribution in [0.15, 0.2) is 34.8 Å². The van der Waals surface area contributed by atoms with Crippen LogP contribution < -0.4 is 5.32 Å². The smallest absolute Gasteiger partial charge is 0.270 e. The van der Waals surface area contributed by atoms with Gasteiger partial charge in [-0.2, -0.15) is 0 Å². The molecule has 0 saturated heterocycles. The number of rotatable bonds is 4. The maximum atomic E-state index is 13.0. The second-order valence-electron chi connectivity index (χ2n) is 4.14. The molecule has 0 unspecified atom stereocenters. The lowest BCUT2D eigenvalue weighted by Crippen LogP contribution is -2.03. The van der Waals surface area contributed by atoms with Gasteiger partial charge in [-0.1, -0.05) is 15.9 Å². The molecule has 2 aromatic carbocycles. The number of halogens is 4. The summed E-state index contributed by atoms with van der Waals surface area (Å²) in [4.78, 5) is 10.1. The minimum Gasteiger partial charge on any atom is -0.381 e. The lowest BCUT2D eigenvalue weighted by atomic mass is 10.2. The topological polar surface area (TPSA) is 55.2 Å². The van der Waals surface area contributed by atoms with Crippen molar-refractivity contribution in [2.75, 3.05) is 5.32 Å². The van der Waals surface area contributed by atoms with E-state index in [1.165, 1.54) is 18.2 Å². The molecule has 21 heavy (non-hydrogen) atoms. The van der Waals surface area contributed by atoms with Gasteiger partial charge in [-0.25, -0.2) is 13.2 Å². The van der Waals surface area contributed by atoms with E-state index in [2.05, 4.69) is 21.2 Å². The van der Waals surface area contributed by atoms with Crippen molar-refractivity contribution in [2.45, 2.75) is 6.54 Å². The van der Waals surface area contributed by atoms with Crippen LogP contribution in [0.4, 0.5) is 24.5 Å². The standard InChI is InChI=1S/C13H8BrF3N2O2/c14-10-5-9(19(20)21)2-1-7(10)6-18-8-3-11(15)13(17)12(16)4-8/h1-5,18H,6H2. The molecule has 8 heteroatoms. The van der Waals surface area contributed by atoms with Crippen LogP contribution in [0.25, 0.3) is 0 Å². The third kappa shape index (κ3) is 3.52. The fraction of sp³-hybridized carbons (Fsp3) is 0.0769. The highest BCUT2D eigenvalue weighted by molar-refractivity contribution is 9.10. The van der Waals surface area contributed by atoms with Gasteiger partial charge in [0.2, 0.25) is 0 Å². The van der Waals surface area contributed by atoms with Crippen LogP contribution in [0, 0.1) is 27.6 Å². The first-order valence-corrected chi connectivity index (χ1v) is 6.49. The van der Waals surface area contributed by atoms with Gasteiger partial charge in [0.15, 0.2) is 17.5 Å². The zero-order valence-electron chi connectivity index (χ0n) is 10.4. The molecular formula is C13H8BrF3N2O2. The number of nitro benzene ring substituents is 1. The molecule has 1 N–H and O–H groups in total. The van der Waals surface area contributed by atoms with E-state index in [4.69, 9.17) is 0 Å². The minimum absolute atomic E-state index is 0.0663. The first-order valence-electron chi connectivity index (χ1n) is 5.69. The number of hydrogen-bond acceptors (Lipinski definition) is 3. The molecule has 2 rings (SSSR count).